The van der Waals surface area contributed by atoms with E-state index in [1.807, 2.05) is 42.0 Å². The fraction of sp³-hybridized carbons (Fsp3) is 0.300. The number of amides is 2. The molecule has 1 fully saturated rings. The monoisotopic (exact) mass is 377 g/mol. The molecule has 1 unspecified atom stereocenters. The van der Waals surface area contributed by atoms with E-state index in [4.69, 9.17) is 4.52 Å². The molecule has 2 aliphatic rings. The summed E-state index contributed by atoms with van der Waals surface area (Å²) >= 11 is 0. The number of pyridine rings is 1. The Balaban J connectivity index is 1.70. The second-order valence-corrected chi connectivity index (χ2v) is 7.25. The van der Waals surface area contributed by atoms with E-state index < -0.39 is 5.66 Å². The molecule has 5 heterocycles. The maximum absolute atomic E-state index is 13.4. The fourth-order valence-corrected chi connectivity index (χ4v) is 4.30. The summed E-state index contributed by atoms with van der Waals surface area (Å²) in [5, 5.41) is 3.84. The molecule has 142 valence electrons. The van der Waals surface area contributed by atoms with E-state index in [2.05, 4.69) is 10.1 Å². The SMILES string of the molecule is Cc1ccc(C23Cn4cccc4C(=O)N2CCN3C(=O)c2conc2C)cn1. The van der Waals surface area contributed by atoms with Crippen LogP contribution in [0.3, 0.4) is 0 Å². The predicted octanol–water partition coefficient (Wildman–Crippen LogP) is 1.95. The number of carbonyl (C=O) groups is 2. The van der Waals surface area contributed by atoms with Crippen LogP contribution in [0.1, 0.15) is 37.8 Å². The molecule has 0 aromatic carbocycles. The highest BCUT2D eigenvalue weighted by molar-refractivity contribution is 5.98. The highest BCUT2D eigenvalue weighted by Crippen LogP contribution is 2.43. The third-order valence-electron chi connectivity index (χ3n) is 5.72. The van der Waals surface area contributed by atoms with Gasteiger partial charge < -0.3 is 18.9 Å². The number of aryl methyl sites for hydroxylation is 2. The van der Waals surface area contributed by atoms with Gasteiger partial charge in [-0.3, -0.25) is 14.6 Å². The van der Waals surface area contributed by atoms with Crippen LogP contribution in [0.2, 0.25) is 0 Å². The Morgan fingerprint density at radius 2 is 2.07 bits per heavy atom. The van der Waals surface area contributed by atoms with Crippen LogP contribution >= 0.6 is 0 Å². The van der Waals surface area contributed by atoms with E-state index in [1.54, 1.807) is 22.9 Å². The predicted molar refractivity (Wildman–Crippen MR) is 98.4 cm³/mol. The number of hydrogen-bond acceptors (Lipinski definition) is 5. The number of carbonyl (C=O) groups excluding carboxylic acids is 2. The van der Waals surface area contributed by atoms with Gasteiger partial charge in [-0.15, -0.1) is 0 Å². The van der Waals surface area contributed by atoms with Crippen LogP contribution in [0.4, 0.5) is 0 Å². The number of nitrogens with zero attached hydrogens (tertiary/aromatic N) is 5. The molecule has 8 heteroatoms. The van der Waals surface area contributed by atoms with Crippen molar-refractivity contribution in [2.24, 2.45) is 0 Å². The molecule has 0 N–H and O–H groups in total. The average molecular weight is 377 g/mol. The van der Waals surface area contributed by atoms with Crippen molar-refractivity contribution in [1.29, 1.82) is 0 Å². The van der Waals surface area contributed by atoms with Gasteiger partial charge in [-0.2, -0.15) is 0 Å². The van der Waals surface area contributed by atoms with E-state index in [1.165, 1.54) is 6.26 Å². The molecule has 1 atom stereocenters. The Morgan fingerprint density at radius 1 is 1.21 bits per heavy atom. The third-order valence-corrected chi connectivity index (χ3v) is 5.72. The lowest BCUT2D eigenvalue weighted by Gasteiger charge is -2.47. The van der Waals surface area contributed by atoms with Crippen molar-refractivity contribution in [2.75, 3.05) is 13.1 Å². The van der Waals surface area contributed by atoms with Crippen LogP contribution in [0, 0.1) is 13.8 Å². The summed E-state index contributed by atoms with van der Waals surface area (Å²) in [4.78, 5) is 34.7. The maximum Gasteiger partial charge on any atom is 0.272 e. The van der Waals surface area contributed by atoms with Crippen LogP contribution in [0.25, 0.3) is 0 Å². The molecule has 3 aromatic rings. The normalized spacial score (nSPS) is 21.0. The van der Waals surface area contributed by atoms with Gasteiger partial charge in [-0.1, -0.05) is 11.2 Å². The Labute approximate surface area is 161 Å². The molecular formula is C20H19N5O3. The van der Waals surface area contributed by atoms with Gasteiger partial charge in [0.25, 0.3) is 11.8 Å². The Bertz CT molecular complexity index is 1080. The molecule has 0 radical (unpaired) electrons. The summed E-state index contributed by atoms with van der Waals surface area (Å²) in [6, 6.07) is 7.52. The molecular weight excluding hydrogens is 358 g/mol. The standard InChI is InChI=1S/C20H19N5O3/c1-13-5-6-15(10-21-13)20-12-23-7-3-4-17(23)19(27)25(20)9-8-24(20)18(26)16-11-28-22-14(16)2/h3-7,10-11H,8-9,12H2,1-2H3. The van der Waals surface area contributed by atoms with Gasteiger partial charge in [0.2, 0.25) is 0 Å². The van der Waals surface area contributed by atoms with Crippen LogP contribution in [0.5, 0.6) is 0 Å². The lowest BCUT2D eigenvalue weighted by atomic mass is 9.95. The van der Waals surface area contributed by atoms with Crippen molar-refractivity contribution in [3.8, 4) is 0 Å². The molecule has 1 saturated heterocycles. The number of rotatable bonds is 2. The zero-order valence-electron chi connectivity index (χ0n) is 15.6. The van der Waals surface area contributed by atoms with E-state index in [-0.39, 0.29) is 11.8 Å². The van der Waals surface area contributed by atoms with Gasteiger partial charge in [-0.25, -0.2) is 0 Å². The summed E-state index contributed by atoms with van der Waals surface area (Å²) in [5.41, 5.74) is 2.32. The Hall–Kier alpha value is -3.42. The van der Waals surface area contributed by atoms with Gasteiger partial charge >= 0.3 is 0 Å². The zero-order chi connectivity index (χ0) is 19.5. The minimum atomic E-state index is -0.940. The van der Waals surface area contributed by atoms with E-state index in [0.717, 1.165) is 11.3 Å². The summed E-state index contributed by atoms with van der Waals surface area (Å²) < 4.78 is 6.89. The highest BCUT2D eigenvalue weighted by Gasteiger charge is 2.56. The summed E-state index contributed by atoms with van der Waals surface area (Å²) in [6.07, 6.45) is 5.00. The summed E-state index contributed by atoms with van der Waals surface area (Å²) in [7, 11) is 0. The minimum Gasteiger partial charge on any atom is -0.364 e. The first-order valence-electron chi connectivity index (χ1n) is 9.15. The molecule has 2 amide bonds. The number of hydrogen-bond donors (Lipinski definition) is 0. The van der Waals surface area contributed by atoms with Gasteiger partial charge in [0.1, 0.15) is 17.5 Å². The quantitative estimate of drug-likeness (QED) is 0.682. The molecule has 0 spiro atoms. The van der Waals surface area contributed by atoms with Crippen LogP contribution < -0.4 is 0 Å². The zero-order valence-corrected chi connectivity index (χ0v) is 15.6. The summed E-state index contributed by atoms with van der Waals surface area (Å²) in [6.45, 7) is 4.97. The fourth-order valence-electron chi connectivity index (χ4n) is 4.30. The highest BCUT2D eigenvalue weighted by atomic mass is 16.5. The number of aromatic nitrogens is 3. The Kier molecular flexibility index (Phi) is 3.46. The molecule has 28 heavy (non-hydrogen) atoms. The molecule has 8 nitrogen and oxygen atoms in total. The van der Waals surface area contributed by atoms with Gasteiger partial charge in [0, 0.05) is 36.7 Å². The third kappa shape index (κ3) is 2.11. The topological polar surface area (TPSA) is 84.5 Å². The van der Waals surface area contributed by atoms with Gasteiger partial charge in [0.05, 0.1) is 12.2 Å². The van der Waals surface area contributed by atoms with Crippen molar-refractivity contribution in [3.05, 3.63) is 71.1 Å². The second kappa shape index (κ2) is 5.79. The van der Waals surface area contributed by atoms with Crippen LogP contribution in [-0.2, 0) is 12.2 Å². The first kappa shape index (κ1) is 16.7. The van der Waals surface area contributed by atoms with Crippen molar-refractivity contribution in [2.45, 2.75) is 26.1 Å². The van der Waals surface area contributed by atoms with Crippen LogP contribution in [-0.4, -0.2) is 49.4 Å². The first-order chi connectivity index (χ1) is 13.5. The van der Waals surface area contributed by atoms with Crippen molar-refractivity contribution in [1.82, 2.24) is 24.5 Å². The molecule has 0 aliphatic carbocycles. The van der Waals surface area contributed by atoms with Gasteiger partial charge in [0.15, 0.2) is 5.66 Å². The molecule has 3 aromatic heterocycles. The minimum absolute atomic E-state index is 0.0887. The van der Waals surface area contributed by atoms with Crippen LogP contribution in [0.15, 0.2) is 47.4 Å². The number of fused-ring (bicyclic) bond motifs is 2. The molecule has 2 aliphatic heterocycles. The largest absolute Gasteiger partial charge is 0.364 e. The van der Waals surface area contributed by atoms with Gasteiger partial charge in [-0.05, 0) is 32.0 Å². The lowest BCUT2D eigenvalue weighted by molar-refractivity contribution is -0.00614. The molecule has 5 rings (SSSR count). The second-order valence-electron chi connectivity index (χ2n) is 7.25. The average Bonchev–Trinajstić information content (AvgIpc) is 3.40. The van der Waals surface area contributed by atoms with E-state index in [0.29, 0.717) is 36.6 Å². The molecule has 0 saturated carbocycles. The smallest absolute Gasteiger partial charge is 0.272 e. The Morgan fingerprint density at radius 3 is 2.79 bits per heavy atom. The lowest BCUT2D eigenvalue weighted by Crippen LogP contribution is -2.60. The van der Waals surface area contributed by atoms with Crippen molar-refractivity contribution >= 4 is 11.8 Å². The maximum atomic E-state index is 13.4. The van der Waals surface area contributed by atoms with E-state index >= 15 is 0 Å². The molecule has 0 bridgehead atoms. The van der Waals surface area contributed by atoms with Crippen molar-refractivity contribution in [3.63, 3.8) is 0 Å². The summed E-state index contributed by atoms with van der Waals surface area (Å²) in [5.74, 6) is -0.292. The van der Waals surface area contributed by atoms with E-state index in [9.17, 15) is 9.59 Å². The first-order valence-corrected chi connectivity index (χ1v) is 9.15. The van der Waals surface area contributed by atoms with Crippen molar-refractivity contribution < 1.29 is 14.1 Å².